The van der Waals surface area contributed by atoms with Gasteiger partial charge in [-0.15, -0.1) is 0 Å². The van der Waals surface area contributed by atoms with Gasteiger partial charge in [-0.05, 0) is 37.3 Å². The van der Waals surface area contributed by atoms with E-state index >= 15 is 0 Å². The van der Waals surface area contributed by atoms with Crippen LogP contribution < -0.4 is 16.8 Å². The number of halogens is 2. The Bertz CT molecular complexity index is 993. The molecule has 33 heavy (non-hydrogen) atoms. The highest BCUT2D eigenvalue weighted by molar-refractivity contribution is 6.43. The summed E-state index contributed by atoms with van der Waals surface area (Å²) in [6.07, 6.45) is 2.44. The maximum absolute atomic E-state index is 12.6. The first-order chi connectivity index (χ1) is 15.7. The largest absolute Gasteiger partial charge is 0.370 e. The van der Waals surface area contributed by atoms with Gasteiger partial charge in [0.2, 0.25) is 0 Å². The second-order valence-electron chi connectivity index (χ2n) is 8.83. The molecule has 2 heterocycles. The van der Waals surface area contributed by atoms with Gasteiger partial charge >= 0.3 is 6.03 Å². The Kier molecular flexibility index (Phi) is 8.48. The lowest BCUT2D eigenvalue weighted by Crippen LogP contribution is -2.45. The number of nitrogens with two attached hydrogens (primary N) is 2. The van der Waals surface area contributed by atoms with Gasteiger partial charge in [-0.25, -0.2) is 9.79 Å². The number of aromatic nitrogens is 2. The molecule has 8 nitrogen and oxygen atoms in total. The van der Waals surface area contributed by atoms with Crippen molar-refractivity contribution in [3.05, 3.63) is 40.0 Å². The highest BCUT2D eigenvalue weighted by Gasteiger charge is 2.26. The molecule has 0 aliphatic carbocycles. The van der Waals surface area contributed by atoms with Crippen LogP contribution in [0.1, 0.15) is 44.7 Å². The minimum atomic E-state index is -0.0444. The zero-order chi connectivity index (χ0) is 24.1. The number of benzene rings is 1. The zero-order valence-electron chi connectivity index (χ0n) is 19.4. The SMILES string of the molecule is CC(C)[C@H](CCNC(=O)N1CCC(c2cc(-c3cccc(Cl)c3Cl)nn2C)CC1)N=C(N)N. The van der Waals surface area contributed by atoms with E-state index in [1.54, 1.807) is 6.07 Å². The molecule has 3 rings (SSSR count). The number of carbonyl (C=O) groups excluding carboxylic acids is 1. The average molecular weight is 494 g/mol. The van der Waals surface area contributed by atoms with Gasteiger partial charge in [-0.1, -0.05) is 49.2 Å². The second kappa shape index (κ2) is 11.1. The van der Waals surface area contributed by atoms with Crippen LogP contribution in [0.25, 0.3) is 11.3 Å². The van der Waals surface area contributed by atoms with Crippen molar-refractivity contribution in [3.63, 3.8) is 0 Å². The summed E-state index contributed by atoms with van der Waals surface area (Å²) in [5.41, 5.74) is 13.8. The Hall–Kier alpha value is -2.45. The Labute approximate surface area is 205 Å². The molecule has 0 unspecified atom stereocenters. The summed E-state index contributed by atoms with van der Waals surface area (Å²) in [6, 6.07) is 7.58. The molecule has 0 radical (unpaired) electrons. The van der Waals surface area contributed by atoms with Crippen molar-refractivity contribution in [2.75, 3.05) is 19.6 Å². The Morgan fingerprint density at radius 1 is 1.27 bits per heavy atom. The summed E-state index contributed by atoms with van der Waals surface area (Å²) in [4.78, 5) is 18.7. The maximum atomic E-state index is 12.6. The molecule has 1 fully saturated rings. The number of aliphatic imine (C=N–C) groups is 1. The van der Waals surface area contributed by atoms with Gasteiger partial charge in [0, 0.05) is 43.9 Å². The number of guanidine groups is 1. The van der Waals surface area contributed by atoms with Crippen molar-refractivity contribution in [1.82, 2.24) is 20.0 Å². The molecular weight excluding hydrogens is 461 g/mol. The summed E-state index contributed by atoms with van der Waals surface area (Å²) in [6.45, 7) is 6.04. The predicted molar refractivity (Wildman–Crippen MR) is 135 cm³/mol. The number of hydrogen-bond donors (Lipinski definition) is 3. The minimum Gasteiger partial charge on any atom is -0.370 e. The van der Waals surface area contributed by atoms with Gasteiger partial charge in [0.1, 0.15) is 0 Å². The van der Waals surface area contributed by atoms with Crippen LogP contribution in [-0.2, 0) is 7.05 Å². The van der Waals surface area contributed by atoms with E-state index in [1.165, 1.54) is 0 Å². The van der Waals surface area contributed by atoms with Crippen LogP contribution in [0.5, 0.6) is 0 Å². The molecule has 1 aliphatic heterocycles. The fraction of sp³-hybridized carbons (Fsp3) is 0.522. The molecular formula is C23H33Cl2N7O. The van der Waals surface area contributed by atoms with Crippen molar-refractivity contribution in [3.8, 4) is 11.3 Å². The van der Waals surface area contributed by atoms with Gasteiger partial charge < -0.3 is 21.7 Å². The monoisotopic (exact) mass is 493 g/mol. The number of nitrogens with zero attached hydrogens (tertiary/aromatic N) is 4. The molecule has 0 saturated carbocycles. The van der Waals surface area contributed by atoms with Crippen LogP contribution >= 0.6 is 23.2 Å². The first-order valence-electron chi connectivity index (χ1n) is 11.3. The third-order valence-corrected chi connectivity index (χ3v) is 6.96. The highest BCUT2D eigenvalue weighted by Crippen LogP contribution is 2.35. The number of amides is 2. The summed E-state index contributed by atoms with van der Waals surface area (Å²) >= 11 is 12.5. The van der Waals surface area contributed by atoms with Gasteiger partial charge in [-0.2, -0.15) is 5.10 Å². The number of nitrogens with one attached hydrogen (secondary N) is 1. The van der Waals surface area contributed by atoms with Crippen molar-refractivity contribution in [1.29, 1.82) is 0 Å². The average Bonchev–Trinajstić information content (AvgIpc) is 3.15. The summed E-state index contributed by atoms with van der Waals surface area (Å²) in [5.74, 6) is 0.703. The van der Waals surface area contributed by atoms with E-state index in [0.29, 0.717) is 47.9 Å². The van der Waals surface area contributed by atoms with E-state index in [-0.39, 0.29) is 18.0 Å². The number of carbonyl (C=O) groups is 1. The first kappa shape index (κ1) is 25.2. The number of likely N-dealkylation sites (tertiary alicyclic amines) is 1. The number of hydrogen-bond acceptors (Lipinski definition) is 3. The number of aryl methyl sites for hydroxylation is 1. The first-order valence-corrected chi connectivity index (χ1v) is 12.0. The normalized spacial score (nSPS) is 15.5. The zero-order valence-corrected chi connectivity index (χ0v) is 20.9. The van der Waals surface area contributed by atoms with Crippen LogP contribution in [-0.4, -0.2) is 52.3 Å². The van der Waals surface area contributed by atoms with Crippen molar-refractivity contribution >= 4 is 35.2 Å². The topological polar surface area (TPSA) is 115 Å². The fourth-order valence-electron chi connectivity index (χ4n) is 4.25. The summed E-state index contributed by atoms with van der Waals surface area (Å²) < 4.78 is 1.91. The molecule has 0 spiro atoms. The lowest BCUT2D eigenvalue weighted by atomic mass is 9.93. The van der Waals surface area contributed by atoms with E-state index in [4.69, 9.17) is 34.7 Å². The molecule has 2 amide bonds. The highest BCUT2D eigenvalue weighted by atomic mass is 35.5. The van der Waals surface area contributed by atoms with Gasteiger partial charge in [0.15, 0.2) is 5.96 Å². The second-order valence-corrected chi connectivity index (χ2v) is 9.61. The molecule has 5 N–H and O–H groups in total. The van der Waals surface area contributed by atoms with E-state index in [2.05, 4.69) is 35.3 Å². The molecule has 1 aromatic heterocycles. The molecule has 1 aromatic carbocycles. The van der Waals surface area contributed by atoms with Crippen molar-refractivity contribution in [2.24, 2.45) is 29.4 Å². The molecule has 180 valence electrons. The molecule has 2 aromatic rings. The lowest BCUT2D eigenvalue weighted by Gasteiger charge is -2.32. The smallest absolute Gasteiger partial charge is 0.317 e. The van der Waals surface area contributed by atoms with Crippen molar-refractivity contribution in [2.45, 2.75) is 45.1 Å². The van der Waals surface area contributed by atoms with Crippen LogP contribution in [0, 0.1) is 5.92 Å². The van der Waals surface area contributed by atoms with Gasteiger partial charge in [0.25, 0.3) is 0 Å². The van der Waals surface area contributed by atoms with Gasteiger partial charge in [-0.3, -0.25) is 4.68 Å². The Morgan fingerprint density at radius 3 is 2.61 bits per heavy atom. The Balaban J connectivity index is 1.55. The van der Waals surface area contributed by atoms with E-state index in [0.717, 1.165) is 29.8 Å². The number of urea groups is 1. The van der Waals surface area contributed by atoms with Crippen LogP contribution in [0.4, 0.5) is 4.79 Å². The summed E-state index contributed by atoms with van der Waals surface area (Å²) in [7, 11) is 1.94. The van der Waals surface area contributed by atoms with Gasteiger partial charge in [0.05, 0.1) is 21.8 Å². The molecule has 1 saturated heterocycles. The maximum Gasteiger partial charge on any atom is 0.317 e. The molecule has 10 heteroatoms. The molecule has 1 aliphatic rings. The number of piperidine rings is 1. The van der Waals surface area contributed by atoms with E-state index in [9.17, 15) is 4.79 Å². The quantitative estimate of drug-likeness (QED) is 0.399. The Morgan fingerprint density at radius 2 is 1.97 bits per heavy atom. The molecule has 1 atom stereocenters. The minimum absolute atomic E-state index is 0.00641. The van der Waals surface area contributed by atoms with E-state index in [1.807, 2.05) is 28.8 Å². The lowest BCUT2D eigenvalue weighted by molar-refractivity contribution is 0.180. The van der Waals surface area contributed by atoms with Crippen LogP contribution in [0.15, 0.2) is 29.3 Å². The predicted octanol–water partition coefficient (Wildman–Crippen LogP) is 3.97. The van der Waals surface area contributed by atoms with Crippen LogP contribution in [0.3, 0.4) is 0 Å². The number of rotatable bonds is 7. The molecule has 0 bridgehead atoms. The van der Waals surface area contributed by atoms with Crippen molar-refractivity contribution < 1.29 is 4.79 Å². The fourth-order valence-corrected chi connectivity index (χ4v) is 4.65. The summed E-state index contributed by atoms with van der Waals surface area (Å²) in [5, 5.41) is 8.68. The van der Waals surface area contributed by atoms with Crippen LogP contribution in [0.2, 0.25) is 10.0 Å². The third-order valence-electron chi connectivity index (χ3n) is 6.14. The third kappa shape index (κ3) is 6.32. The van der Waals surface area contributed by atoms with E-state index < -0.39 is 0 Å². The standard InChI is InChI=1S/C23H33Cl2N7O/c1-14(2)18(29-22(26)27)7-10-28-23(33)32-11-8-15(9-12-32)20-13-19(30-31(20)3)16-5-4-6-17(24)21(16)25/h4-6,13-15,18H,7-12H2,1-3H3,(H,28,33)(H4,26,27,29)/t18-/m0/s1.